The van der Waals surface area contributed by atoms with Crippen molar-refractivity contribution in [3.05, 3.63) is 40.2 Å². The average Bonchev–Trinajstić information content (AvgIpc) is 2.94. The second kappa shape index (κ2) is 7.10. The minimum Gasteiger partial charge on any atom is -0.370 e. The zero-order chi connectivity index (χ0) is 19.8. The van der Waals surface area contributed by atoms with E-state index in [-0.39, 0.29) is 23.2 Å². The summed E-state index contributed by atoms with van der Waals surface area (Å²) in [5, 5.41) is 4.17. The number of nitrogens with two attached hydrogens (primary N) is 3. The summed E-state index contributed by atoms with van der Waals surface area (Å²) in [6, 6.07) is 4.53. The molecule has 1 heterocycles. The van der Waals surface area contributed by atoms with Gasteiger partial charge in [0.05, 0.1) is 11.4 Å². The van der Waals surface area contributed by atoms with Crippen molar-refractivity contribution < 1.29 is 13.2 Å². The first-order valence-electron chi connectivity index (χ1n) is 8.08. The van der Waals surface area contributed by atoms with Gasteiger partial charge in [0.15, 0.2) is 11.7 Å². The van der Waals surface area contributed by atoms with Crippen molar-refractivity contribution in [3.8, 4) is 5.69 Å². The van der Waals surface area contributed by atoms with Crippen molar-refractivity contribution in [1.82, 2.24) is 9.78 Å². The highest BCUT2D eigenvalue weighted by Crippen LogP contribution is 2.38. The largest absolute Gasteiger partial charge is 0.435 e. The van der Waals surface area contributed by atoms with Crippen molar-refractivity contribution >= 4 is 29.2 Å². The van der Waals surface area contributed by atoms with E-state index >= 15 is 0 Å². The summed E-state index contributed by atoms with van der Waals surface area (Å²) in [7, 11) is 0. The van der Waals surface area contributed by atoms with Gasteiger partial charge < -0.3 is 17.2 Å². The van der Waals surface area contributed by atoms with Crippen molar-refractivity contribution in [3.63, 3.8) is 0 Å². The molecule has 0 radical (unpaired) electrons. The van der Waals surface area contributed by atoms with Crippen LogP contribution in [0, 0.1) is 0 Å². The molecule has 1 aromatic heterocycles. The van der Waals surface area contributed by atoms with Crippen LogP contribution in [0.5, 0.6) is 0 Å². The normalized spacial score (nSPS) is 14.7. The molecule has 3 rings (SSSR count). The Labute approximate surface area is 157 Å². The second-order valence-corrected chi connectivity index (χ2v) is 6.47. The van der Waals surface area contributed by atoms with E-state index in [9.17, 15) is 13.2 Å². The first-order valence-corrected chi connectivity index (χ1v) is 8.46. The van der Waals surface area contributed by atoms with E-state index in [0.717, 1.165) is 6.42 Å². The van der Waals surface area contributed by atoms with Gasteiger partial charge in [0.2, 0.25) is 5.96 Å². The van der Waals surface area contributed by atoms with Gasteiger partial charge in [-0.25, -0.2) is 9.67 Å². The molecule has 0 saturated heterocycles. The third-order valence-corrected chi connectivity index (χ3v) is 4.33. The van der Waals surface area contributed by atoms with Crippen LogP contribution in [0.15, 0.2) is 28.2 Å². The van der Waals surface area contributed by atoms with Gasteiger partial charge in [-0.05, 0) is 43.9 Å². The number of rotatable bonds is 2. The number of alkyl halides is 3. The van der Waals surface area contributed by atoms with Crippen LogP contribution < -0.4 is 17.2 Å². The Morgan fingerprint density at radius 3 is 2.52 bits per heavy atom. The molecule has 0 aliphatic heterocycles. The number of aliphatic imine (C=N–C) groups is 2. The van der Waals surface area contributed by atoms with Crippen molar-refractivity contribution in [2.45, 2.75) is 31.9 Å². The molecular weight excluding hydrogens is 383 g/mol. The minimum atomic E-state index is -4.54. The van der Waals surface area contributed by atoms with Crippen LogP contribution >= 0.6 is 11.6 Å². The topological polar surface area (TPSA) is 121 Å². The quantitative estimate of drug-likeness (QED) is 0.531. The van der Waals surface area contributed by atoms with Gasteiger partial charge in [0, 0.05) is 16.3 Å². The molecule has 2 aromatic rings. The molecule has 0 bridgehead atoms. The summed E-state index contributed by atoms with van der Waals surface area (Å²) in [6.07, 6.45) is -2.27. The van der Waals surface area contributed by atoms with Crippen LogP contribution in [0.25, 0.3) is 5.69 Å². The maximum absolute atomic E-state index is 13.4. The van der Waals surface area contributed by atoms with Crippen LogP contribution in [0.2, 0.25) is 5.02 Å². The highest BCUT2D eigenvalue weighted by molar-refractivity contribution is 6.31. The third-order valence-electron chi connectivity index (χ3n) is 4.09. The van der Waals surface area contributed by atoms with Crippen LogP contribution in [0.1, 0.15) is 29.8 Å². The maximum atomic E-state index is 13.4. The number of hydrogen-bond acceptors (Lipinski definition) is 2. The minimum absolute atomic E-state index is 0.203. The Morgan fingerprint density at radius 2 is 1.85 bits per heavy atom. The lowest BCUT2D eigenvalue weighted by molar-refractivity contribution is -0.142. The van der Waals surface area contributed by atoms with E-state index in [0.29, 0.717) is 35.7 Å². The molecule has 0 saturated carbocycles. The van der Waals surface area contributed by atoms with Gasteiger partial charge in [-0.3, -0.25) is 0 Å². The summed E-state index contributed by atoms with van der Waals surface area (Å²) in [4.78, 5) is 7.69. The zero-order valence-corrected chi connectivity index (χ0v) is 14.8. The van der Waals surface area contributed by atoms with Crippen LogP contribution in [-0.4, -0.2) is 21.7 Å². The molecule has 1 aromatic carbocycles. The summed E-state index contributed by atoms with van der Waals surface area (Å²) < 4.78 is 41.6. The first-order chi connectivity index (χ1) is 12.7. The van der Waals surface area contributed by atoms with Gasteiger partial charge in [-0.15, -0.1) is 0 Å². The number of fused-ring (bicyclic) bond motifs is 1. The van der Waals surface area contributed by atoms with Gasteiger partial charge >= 0.3 is 6.18 Å². The number of benzene rings is 1. The Morgan fingerprint density at radius 1 is 1.15 bits per heavy atom. The van der Waals surface area contributed by atoms with Gasteiger partial charge in [-0.2, -0.15) is 23.3 Å². The average molecular weight is 400 g/mol. The molecule has 0 fully saturated rings. The summed E-state index contributed by atoms with van der Waals surface area (Å²) in [6.45, 7) is 0. The van der Waals surface area contributed by atoms with Gasteiger partial charge in [0.25, 0.3) is 0 Å². The van der Waals surface area contributed by atoms with Gasteiger partial charge in [-0.1, -0.05) is 11.6 Å². The zero-order valence-electron chi connectivity index (χ0n) is 14.1. The van der Waals surface area contributed by atoms with Crippen molar-refractivity contribution in [2.24, 2.45) is 27.2 Å². The molecule has 0 amide bonds. The monoisotopic (exact) mass is 399 g/mol. The number of halogens is 4. The predicted octanol–water partition coefficient (Wildman–Crippen LogP) is 2.64. The maximum Gasteiger partial charge on any atom is 0.435 e. The van der Waals surface area contributed by atoms with Crippen molar-refractivity contribution in [1.29, 1.82) is 0 Å². The molecule has 0 unspecified atom stereocenters. The predicted molar refractivity (Wildman–Crippen MR) is 97.3 cm³/mol. The number of hydrogen-bond donors (Lipinski definition) is 3. The standard InChI is InChI=1S/C16H17ClF3N7/c17-8-5-6-12(10(7-8)24-15(23)25-14(21)22)27-11-4-2-1-3-9(11)13(26-27)16(18,19)20/h5-7H,1-4H2,(H6,21,22,23,24,25). The lowest BCUT2D eigenvalue weighted by Gasteiger charge is -2.15. The lowest BCUT2D eigenvalue weighted by atomic mass is 9.95. The highest BCUT2D eigenvalue weighted by atomic mass is 35.5. The molecule has 7 nitrogen and oxygen atoms in total. The number of guanidine groups is 2. The van der Waals surface area contributed by atoms with Crippen LogP contribution in [0.4, 0.5) is 18.9 Å². The van der Waals surface area contributed by atoms with Crippen molar-refractivity contribution in [2.75, 3.05) is 0 Å². The lowest BCUT2D eigenvalue weighted by Crippen LogP contribution is -2.26. The van der Waals surface area contributed by atoms with E-state index in [1.807, 2.05) is 0 Å². The molecule has 0 spiro atoms. The number of nitrogens with zero attached hydrogens (tertiary/aromatic N) is 4. The fourth-order valence-corrected chi connectivity index (χ4v) is 3.24. The van der Waals surface area contributed by atoms with E-state index in [2.05, 4.69) is 15.1 Å². The smallest absolute Gasteiger partial charge is 0.370 e. The van der Waals surface area contributed by atoms with E-state index in [1.54, 1.807) is 0 Å². The summed E-state index contributed by atoms with van der Waals surface area (Å²) in [5.74, 6) is -0.550. The van der Waals surface area contributed by atoms with E-state index < -0.39 is 11.9 Å². The second-order valence-electron chi connectivity index (χ2n) is 6.03. The Kier molecular flexibility index (Phi) is 5.01. The molecule has 1 aliphatic carbocycles. The molecule has 144 valence electrons. The van der Waals surface area contributed by atoms with E-state index in [1.165, 1.54) is 22.9 Å². The molecule has 6 N–H and O–H groups in total. The highest BCUT2D eigenvalue weighted by Gasteiger charge is 2.39. The van der Waals surface area contributed by atoms with Crippen LogP contribution in [-0.2, 0) is 19.0 Å². The fourth-order valence-electron chi connectivity index (χ4n) is 3.07. The molecule has 27 heavy (non-hydrogen) atoms. The Hall–Kier alpha value is -2.75. The third kappa shape index (κ3) is 4.00. The summed E-state index contributed by atoms with van der Waals surface area (Å²) in [5.41, 5.74) is 16.6. The Balaban J connectivity index is 2.21. The van der Waals surface area contributed by atoms with E-state index in [4.69, 9.17) is 28.8 Å². The number of aromatic nitrogens is 2. The molecule has 1 aliphatic rings. The Bertz CT molecular complexity index is 927. The summed E-state index contributed by atoms with van der Waals surface area (Å²) >= 11 is 6.01. The first kappa shape index (κ1) is 19.0. The molecule has 0 atom stereocenters. The van der Waals surface area contributed by atoms with Crippen LogP contribution in [0.3, 0.4) is 0 Å². The molecular formula is C16H17ClF3N7. The van der Waals surface area contributed by atoms with Gasteiger partial charge in [0.1, 0.15) is 0 Å². The molecule has 11 heteroatoms. The fraction of sp³-hybridized carbons (Fsp3) is 0.312. The SMILES string of the molecule is NC(N)=NC(N)=Nc1cc(Cl)ccc1-n1nc(C(F)(F)F)c2c1CCCC2.